The van der Waals surface area contributed by atoms with Crippen molar-refractivity contribution in [3.63, 3.8) is 0 Å². The first kappa shape index (κ1) is 28.5. The third-order valence-corrected chi connectivity index (χ3v) is 1.85. The predicted molar refractivity (Wildman–Crippen MR) is 85.3 cm³/mol. The fraction of sp³-hybridized carbons (Fsp3) is 0.933. The number of hydrogen-bond acceptors (Lipinski definition) is 5. The molecular formula is C15H36O6. The Morgan fingerprint density at radius 3 is 1.33 bits per heavy atom. The van der Waals surface area contributed by atoms with Crippen LogP contribution < -0.4 is 0 Å². The summed E-state index contributed by atoms with van der Waals surface area (Å²) in [5, 5.41) is 40.1. The second kappa shape index (κ2) is 24.3. The minimum Gasteiger partial charge on any atom is -0.481 e. The van der Waals surface area contributed by atoms with Gasteiger partial charge in [-0.15, -0.1) is 0 Å². The molecule has 0 aliphatic heterocycles. The fourth-order valence-corrected chi connectivity index (χ4v) is 0.576. The van der Waals surface area contributed by atoms with E-state index in [1.54, 1.807) is 27.7 Å². The predicted octanol–water partition coefficient (Wildman–Crippen LogP) is 1.65. The van der Waals surface area contributed by atoms with E-state index < -0.39 is 5.97 Å². The van der Waals surface area contributed by atoms with Crippen molar-refractivity contribution in [3.8, 4) is 0 Å². The van der Waals surface area contributed by atoms with Gasteiger partial charge in [0.25, 0.3) is 0 Å². The van der Waals surface area contributed by atoms with E-state index >= 15 is 0 Å². The molecule has 0 aromatic carbocycles. The van der Waals surface area contributed by atoms with E-state index in [0.717, 1.165) is 19.3 Å². The van der Waals surface area contributed by atoms with Crippen LogP contribution in [0.1, 0.15) is 60.3 Å². The molecule has 0 saturated heterocycles. The lowest BCUT2D eigenvalue weighted by Gasteiger charge is -2.16. The van der Waals surface area contributed by atoms with Crippen molar-refractivity contribution >= 4 is 5.97 Å². The zero-order valence-electron chi connectivity index (χ0n) is 14.3. The van der Waals surface area contributed by atoms with E-state index in [-0.39, 0.29) is 31.8 Å². The summed E-state index contributed by atoms with van der Waals surface area (Å²) in [4.78, 5) is 9.87. The zero-order valence-corrected chi connectivity index (χ0v) is 14.3. The molecule has 0 aromatic heterocycles. The molecule has 0 saturated carbocycles. The van der Waals surface area contributed by atoms with Gasteiger partial charge in [0.2, 0.25) is 0 Å². The highest BCUT2D eigenvalue weighted by Gasteiger charge is 2.13. The van der Waals surface area contributed by atoms with Crippen molar-refractivity contribution in [1.29, 1.82) is 0 Å². The molecule has 0 unspecified atom stereocenters. The summed E-state index contributed by atoms with van der Waals surface area (Å²) in [6.45, 7) is 9.61. The van der Waals surface area contributed by atoms with Gasteiger partial charge in [0.15, 0.2) is 0 Å². The Balaban J connectivity index is -0.000000101. The van der Waals surface area contributed by atoms with Crippen LogP contribution in [0.25, 0.3) is 0 Å². The second-order valence-corrected chi connectivity index (χ2v) is 4.96. The maximum Gasteiger partial charge on any atom is 0.303 e. The first-order valence-corrected chi connectivity index (χ1v) is 7.37. The first-order valence-electron chi connectivity index (χ1n) is 7.37. The van der Waals surface area contributed by atoms with Crippen molar-refractivity contribution < 1.29 is 30.3 Å². The van der Waals surface area contributed by atoms with Gasteiger partial charge in [0.05, 0.1) is 13.2 Å². The zero-order chi connectivity index (χ0) is 17.7. The molecule has 21 heavy (non-hydrogen) atoms. The lowest BCUT2D eigenvalue weighted by atomic mass is 9.97. The SMILES string of the molecule is CC(C)(CO)CO.CCCCCC(=O)O.CCO.CCO. The molecule has 0 aliphatic rings. The van der Waals surface area contributed by atoms with E-state index in [2.05, 4.69) is 6.92 Å². The molecule has 0 heterocycles. The van der Waals surface area contributed by atoms with E-state index in [9.17, 15) is 4.79 Å². The molecule has 5 N–H and O–H groups in total. The molecule has 6 heteroatoms. The second-order valence-electron chi connectivity index (χ2n) is 4.96. The first-order chi connectivity index (χ1) is 9.72. The van der Waals surface area contributed by atoms with Crippen molar-refractivity contribution in [2.75, 3.05) is 26.4 Å². The lowest BCUT2D eigenvalue weighted by molar-refractivity contribution is -0.137. The Kier molecular flexibility index (Phi) is 33.0. The summed E-state index contributed by atoms with van der Waals surface area (Å²) in [5.41, 5.74) is -0.306. The summed E-state index contributed by atoms with van der Waals surface area (Å²) in [6, 6.07) is 0. The van der Waals surface area contributed by atoms with Crippen LogP contribution in [0.3, 0.4) is 0 Å². The largest absolute Gasteiger partial charge is 0.481 e. The van der Waals surface area contributed by atoms with Gasteiger partial charge in [0.1, 0.15) is 0 Å². The van der Waals surface area contributed by atoms with Crippen LogP contribution in [0, 0.1) is 5.41 Å². The maximum absolute atomic E-state index is 9.87. The van der Waals surface area contributed by atoms with Gasteiger partial charge in [-0.2, -0.15) is 0 Å². The lowest BCUT2D eigenvalue weighted by Crippen LogP contribution is -2.20. The fourth-order valence-electron chi connectivity index (χ4n) is 0.576. The number of aliphatic hydroxyl groups is 4. The van der Waals surface area contributed by atoms with E-state index in [4.69, 9.17) is 25.5 Å². The highest BCUT2D eigenvalue weighted by Crippen LogP contribution is 2.10. The minimum atomic E-state index is -0.682. The molecule has 0 amide bonds. The van der Waals surface area contributed by atoms with Gasteiger partial charge >= 0.3 is 5.97 Å². The standard InChI is InChI=1S/C6H12O2.C5H12O2.2C2H6O/c1-2-3-4-5-6(7)8;1-5(2,3-6)4-7;2*1-2-3/h2-5H2,1H3,(H,7,8);6-7H,3-4H2,1-2H3;2*3H,2H2,1H3. The average molecular weight is 312 g/mol. The Hall–Kier alpha value is -0.690. The number of hydrogen-bond donors (Lipinski definition) is 5. The van der Waals surface area contributed by atoms with Crippen LogP contribution in [0.15, 0.2) is 0 Å². The average Bonchev–Trinajstić information content (AvgIpc) is 2.41. The summed E-state index contributed by atoms with van der Waals surface area (Å²) >= 11 is 0. The van der Waals surface area contributed by atoms with Gasteiger partial charge in [-0.1, -0.05) is 33.6 Å². The Morgan fingerprint density at radius 1 is 0.857 bits per heavy atom. The number of carboxylic acid groups (broad SMARTS) is 1. The summed E-state index contributed by atoms with van der Waals surface area (Å²) in [5.74, 6) is -0.682. The number of rotatable bonds is 6. The van der Waals surface area contributed by atoms with Crippen molar-refractivity contribution in [3.05, 3.63) is 0 Å². The Bertz CT molecular complexity index is 175. The molecule has 0 bridgehead atoms. The number of carboxylic acids is 1. The topological polar surface area (TPSA) is 118 Å². The molecule has 132 valence electrons. The smallest absolute Gasteiger partial charge is 0.303 e. The molecular weight excluding hydrogens is 276 g/mol. The molecule has 0 atom stereocenters. The van der Waals surface area contributed by atoms with Crippen LogP contribution in [0.5, 0.6) is 0 Å². The van der Waals surface area contributed by atoms with Crippen LogP contribution in [0.2, 0.25) is 0 Å². The van der Waals surface area contributed by atoms with Gasteiger partial charge in [-0.25, -0.2) is 0 Å². The minimum absolute atomic E-state index is 0.0451. The third kappa shape index (κ3) is 54.4. The summed E-state index contributed by atoms with van der Waals surface area (Å²) < 4.78 is 0. The molecule has 0 rings (SSSR count). The molecule has 0 spiro atoms. The quantitative estimate of drug-likeness (QED) is 0.476. The van der Waals surface area contributed by atoms with Crippen LogP contribution in [0.4, 0.5) is 0 Å². The van der Waals surface area contributed by atoms with Gasteiger partial charge in [-0.3, -0.25) is 4.79 Å². The van der Waals surface area contributed by atoms with Crippen LogP contribution >= 0.6 is 0 Å². The highest BCUT2D eigenvalue weighted by atomic mass is 16.4. The van der Waals surface area contributed by atoms with Gasteiger partial charge in [-0.05, 0) is 20.3 Å². The summed E-state index contributed by atoms with van der Waals surface area (Å²) in [6.07, 6.45) is 3.28. The maximum atomic E-state index is 9.87. The number of carbonyl (C=O) groups is 1. The number of aliphatic carboxylic acids is 1. The molecule has 6 nitrogen and oxygen atoms in total. The third-order valence-electron chi connectivity index (χ3n) is 1.85. The van der Waals surface area contributed by atoms with Gasteiger partial charge < -0.3 is 25.5 Å². The highest BCUT2D eigenvalue weighted by molar-refractivity contribution is 5.66. The van der Waals surface area contributed by atoms with E-state index in [0.29, 0.717) is 6.42 Å². The molecule has 0 radical (unpaired) electrons. The van der Waals surface area contributed by atoms with Crippen molar-refractivity contribution in [2.45, 2.75) is 60.3 Å². The van der Waals surface area contributed by atoms with Gasteiger partial charge in [0, 0.05) is 25.0 Å². The Morgan fingerprint density at radius 2 is 1.19 bits per heavy atom. The number of unbranched alkanes of at least 4 members (excludes halogenated alkanes) is 2. The molecule has 0 fully saturated rings. The number of aliphatic hydroxyl groups excluding tert-OH is 4. The normalized spacial score (nSPS) is 9.19. The van der Waals surface area contributed by atoms with Crippen LogP contribution in [-0.2, 0) is 4.79 Å². The Labute approximate surface area is 129 Å². The van der Waals surface area contributed by atoms with Crippen molar-refractivity contribution in [1.82, 2.24) is 0 Å². The monoisotopic (exact) mass is 312 g/mol. The van der Waals surface area contributed by atoms with E-state index in [1.807, 2.05) is 0 Å². The van der Waals surface area contributed by atoms with Crippen LogP contribution in [-0.4, -0.2) is 57.9 Å². The van der Waals surface area contributed by atoms with E-state index in [1.165, 1.54) is 0 Å². The van der Waals surface area contributed by atoms with Crippen molar-refractivity contribution in [2.24, 2.45) is 5.41 Å². The molecule has 0 aliphatic carbocycles. The summed E-state index contributed by atoms with van der Waals surface area (Å²) in [7, 11) is 0. The molecule has 0 aromatic rings.